The maximum absolute atomic E-state index is 12.5. The molecule has 2 aromatic carbocycles. The topological polar surface area (TPSA) is 96.7 Å². The van der Waals surface area contributed by atoms with Crippen LogP contribution >= 0.6 is 0 Å². The highest BCUT2D eigenvalue weighted by atomic mass is 16.5. The first-order chi connectivity index (χ1) is 15.7. The standard InChI is InChI=1S/C23H23N7O2/c1-32-14-18-12-21(30-22(26-18)24-15-25-30)29-11-10-19-16(13-29)6-5-9-20(19)28-23(31)27-17-7-3-2-4-8-17/h2-9,12,15H,10-11,13-14H2,1H3,(H2,27,28,31). The Hall–Kier alpha value is -3.98. The minimum Gasteiger partial charge on any atom is -0.378 e. The summed E-state index contributed by atoms with van der Waals surface area (Å²) < 4.78 is 7.01. The molecule has 3 heterocycles. The van der Waals surface area contributed by atoms with E-state index in [9.17, 15) is 4.79 Å². The third-order valence-corrected chi connectivity index (χ3v) is 5.45. The van der Waals surface area contributed by atoms with Crippen LogP contribution in [0.4, 0.5) is 22.0 Å². The maximum Gasteiger partial charge on any atom is 0.323 e. The van der Waals surface area contributed by atoms with Crippen molar-refractivity contribution in [3.8, 4) is 0 Å². The molecule has 0 spiro atoms. The Morgan fingerprint density at radius 1 is 1.12 bits per heavy atom. The first-order valence-electron chi connectivity index (χ1n) is 10.4. The van der Waals surface area contributed by atoms with Crippen LogP contribution in [0.15, 0.2) is 60.9 Å². The molecule has 5 rings (SSSR count). The minimum absolute atomic E-state index is 0.255. The van der Waals surface area contributed by atoms with Crippen LogP contribution in [0.5, 0.6) is 0 Å². The molecule has 9 nitrogen and oxygen atoms in total. The summed E-state index contributed by atoms with van der Waals surface area (Å²) in [4.78, 5) is 23.5. The van der Waals surface area contributed by atoms with Crippen molar-refractivity contribution in [1.82, 2.24) is 19.6 Å². The lowest BCUT2D eigenvalue weighted by Crippen LogP contribution is -2.33. The summed E-state index contributed by atoms with van der Waals surface area (Å²) in [5, 5.41) is 10.2. The molecule has 0 saturated heterocycles. The molecule has 0 atom stereocenters. The van der Waals surface area contributed by atoms with Gasteiger partial charge in [-0.15, -0.1) is 0 Å². The van der Waals surface area contributed by atoms with E-state index in [1.165, 1.54) is 6.33 Å². The normalized spacial score (nSPS) is 13.1. The van der Waals surface area contributed by atoms with E-state index in [-0.39, 0.29) is 6.03 Å². The number of benzene rings is 2. The van der Waals surface area contributed by atoms with Crippen molar-refractivity contribution >= 4 is 29.0 Å². The van der Waals surface area contributed by atoms with Crippen molar-refractivity contribution in [2.75, 3.05) is 29.2 Å². The average molecular weight is 429 g/mol. The molecular weight excluding hydrogens is 406 g/mol. The maximum atomic E-state index is 12.5. The van der Waals surface area contributed by atoms with Crippen LogP contribution in [-0.2, 0) is 24.3 Å². The minimum atomic E-state index is -0.255. The number of rotatable bonds is 5. The molecule has 1 aliphatic heterocycles. The van der Waals surface area contributed by atoms with Gasteiger partial charge in [-0.05, 0) is 35.7 Å². The Balaban J connectivity index is 1.38. The molecule has 0 saturated carbocycles. The second kappa shape index (κ2) is 8.64. The number of hydrogen-bond donors (Lipinski definition) is 2. The molecule has 32 heavy (non-hydrogen) atoms. The molecule has 0 aliphatic carbocycles. The fourth-order valence-electron chi connectivity index (χ4n) is 4.02. The van der Waals surface area contributed by atoms with Crippen molar-refractivity contribution in [1.29, 1.82) is 0 Å². The molecule has 2 amide bonds. The van der Waals surface area contributed by atoms with Gasteiger partial charge in [0, 0.05) is 37.6 Å². The Morgan fingerprint density at radius 3 is 2.84 bits per heavy atom. The zero-order valence-electron chi connectivity index (χ0n) is 17.7. The monoisotopic (exact) mass is 429 g/mol. The number of urea groups is 1. The summed E-state index contributed by atoms with van der Waals surface area (Å²) in [6, 6.07) is 17.1. The second-order valence-corrected chi connectivity index (χ2v) is 7.57. The van der Waals surface area contributed by atoms with Gasteiger partial charge in [0.1, 0.15) is 12.1 Å². The smallest absolute Gasteiger partial charge is 0.323 e. The highest BCUT2D eigenvalue weighted by Crippen LogP contribution is 2.29. The van der Waals surface area contributed by atoms with Gasteiger partial charge in [-0.1, -0.05) is 30.3 Å². The largest absolute Gasteiger partial charge is 0.378 e. The second-order valence-electron chi connectivity index (χ2n) is 7.57. The highest BCUT2D eigenvalue weighted by Gasteiger charge is 2.22. The molecule has 2 N–H and O–H groups in total. The lowest BCUT2D eigenvalue weighted by atomic mass is 9.97. The van der Waals surface area contributed by atoms with Crippen molar-refractivity contribution in [3.05, 3.63) is 77.7 Å². The van der Waals surface area contributed by atoms with E-state index in [0.29, 0.717) is 18.9 Å². The molecule has 4 aromatic rings. The fourth-order valence-corrected chi connectivity index (χ4v) is 4.02. The van der Waals surface area contributed by atoms with Crippen molar-refractivity contribution in [2.24, 2.45) is 0 Å². The van der Waals surface area contributed by atoms with E-state index < -0.39 is 0 Å². The van der Waals surface area contributed by atoms with Gasteiger partial charge in [-0.2, -0.15) is 14.6 Å². The SMILES string of the molecule is COCc1cc(N2CCc3c(cccc3NC(=O)Nc3ccccc3)C2)n2ncnc2n1. The molecule has 9 heteroatoms. The van der Waals surface area contributed by atoms with E-state index in [2.05, 4.69) is 36.7 Å². The lowest BCUT2D eigenvalue weighted by Gasteiger charge is -2.32. The Kier molecular flexibility index (Phi) is 5.39. The molecule has 0 radical (unpaired) electrons. The molecular formula is C23H23N7O2. The van der Waals surface area contributed by atoms with Crippen molar-refractivity contribution in [2.45, 2.75) is 19.6 Å². The van der Waals surface area contributed by atoms with Gasteiger partial charge in [0.05, 0.1) is 12.3 Å². The number of carbonyl (C=O) groups is 1. The van der Waals surface area contributed by atoms with Gasteiger partial charge >= 0.3 is 6.03 Å². The number of methoxy groups -OCH3 is 1. The van der Waals surface area contributed by atoms with E-state index in [1.807, 2.05) is 48.5 Å². The Morgan fingerprint density at radius 2 is 2.00 bits per heavy atom. The number of fused-ring (bicyclic) bond motifs is 2. The summed E-state index contributed by atoms with van der Waals surface area (Å²) in [5.74, 6) is 1.47. The summed E-state index contributed by atoms with van der Waals surface area (Å²) in [5.41, 5.74) is 4.69. The van der Waals surface area contributed by atoms with Gasteiger partial charge in [0.2, 0.25) is 0 Å². The molecule has 0 fully saturated rings. The third-order valence-electron chi connectivity index (χ3n) is 5.45. The van der Waals surface area contributed by atoms with Gasteiger partial charge < -0.3 is 20.3 Å². The Labute approximate surface area is 185 Å². The molecule has 1 aliphatic rings. The quantitative estimate of drug-likeness (QED) is 0.504. The third kappa shape index (κ3) is 3.97. The number of nitrogens with zero attached hydrogens (tertiary/aromatic N) is 5. The van der Waals surface area contributed by atoms with Crippen LogP contribution in [0.1, 0.15) is 16.8 Å². The first-order valence-corrected chi connectivity index (χ1v) is 10.4. The van der Waals surface area contributed by atoms with Crippen LogP contribution in [0, 0.1) is 0 Å². The van der Waals surface area contributed by atoms with Gasteiger partial charge in [-0.25, -0.2) is 9.78 Å². The van der Waals surface area contributed by atoms with Crippen molar-refractivity contribution < 1.29 is 9.53 Å². The molecule has 162 valence electrons. The molecule has 0 bridgehead atoms. The number of ether oxygens (including phenoxy) is 1. The number of anilines is 3. The zero-order chi connectivity index (χ0) is 21.9. The van der Waals surface area contributed by atoms with E-state index >= 15 is 0 Å². The number of amides is 2. The van der Waals surface area contributed by atoms with Gasteiger partial charge in [0.15, 0.2) is 0 Å². The summed E-state index contributed by atoms with van der Waals surface area (Å²) >= 11 is 0. The van der Waals surface area contributed by atoms with Crippen LogP contribution < -0.4 is 15.5 Å². The number of carbonyl (C=O) groups excluding carboxylic acids is 1. The van der Waals surface area contributed by atoms with Crippen molar-refractivity contribution in [3.63, 3.8) is 0 Å². The van der Waals surface area contributed by atoms with Crippen LogP contribution in [0.2, 0.25) is 0 Å². The number of hydrogen-bond acceptors (Lipinski definition) is 6. The van der Waals surface area contributed by atoms with Gasteiger partial charge in [0.25, 0.3) is 5.78 Å². The highest BCUT2D eigenvalue weighted by molar-refractivity contribution is 6.00. The van der Waals surface area contributed by atoms with Crippen LogP contribution in [-0.4, -0.2) is 39.3 Å². The molecule has 2 aromatic heterocycles. The number of nitrogens with one attached hydrogen (secondary N) is 2. The van der Waals surface area contributed by atoms with E-state index in [0.717, 1.165) is 47.0 Å². The fraction of sp³-hybridized carbons (Fsp3) is 0.217. The van der Waals surface area contributed by atoms with Gasteiger partial charge in [-0.3, -0.25) is 0 Å². The van der Waals surface area contributed by atoms with Crippen LogP contribution in [0.3, 0.4) is 0 Å². The number of para-hydroxylation sites is 1. The van der Waals surface area contributed by atoms with E-state index in [1.54, 1.807) is 11.6 Å². The lowest BCUT2D eigenvalue weighted by molar-refractivity contribution is 0.181. The Bertz CT molecular complexity index is 1260. The van der Waals surface area contributed by atoms with E-state index in [4.69, 9.17) is 4.74 Å². The average Bonchev–Trinajstić information content (AvgIpc) is 3.28. The predicted octanol–water partition coefficient (Wildman–Crippen LogP) is 3.48. The van der Waals surface area contributed by atoms with Crippen LogP contribution in [0.25, 0.3) is 5.78 Å². The summed E-state index contributed by atoms with van der Waals surface area (Å²) in [7, 11) is 1.65. The predicted molar refractivity (Wildman–Crippen MR) is 122 cm³/mol. The number of aromatic nitrogens is 4. The zero-order valence-corrected chi connectivity index (χ0v) is 17.7. The summed E-state index contributed by atoms with van der Waals surface area (Å²) in [6.07, 6.45) is 2.29. The first kappa shape index (κ1) is 20.0. The molecule has 0 unspecified atom stereocenters. The summed E-state index contributed by atoms with van der Waals surface area (Å²) in [6.45, 7) is 1.87.